The van der Waals surface area contributed by atoms with Gasteiger partial charge in [-0.15, -0.1) is 0 Å². The number of carbonyl (C=O) groups excluding carboxylic acids is 1. The van der Waals surface area contributed by atoms with E-state index in [0.29, 0.717) is 13.0 Å². The number of primary amides is 1. The van der Waals surface area contributed by atoms with Gasteiger partial charge in [0.15, 0.2) is 0 Å². The summed E-state index contributed by atoms with van der Waals surface area (Å²) in [6, 6.07) is 27.7. The number of aryl methyl sites for hydroxylation is 1. The van der Waals surface area contributed by atoms with Gasteiger partial charge in [0, 0.05) is 36.2 Å². The van der Waals surface area contributed by atoms with Crippen molar-refractivity contribution < 1.29 is 9.53 Å². The van der Waals surface area contributed by atoms with Crippen LogP contribution in [0.1, 0.15) is 48.9 Å². The average molecular weight is 522 g/mol. The van der Waals surface area contributed by atoms with Gasteiger partial charge in [0.2, 0.25) is 5.91 Å². The Kier molecular flexibility index (Phi) is 6.82. The SMILES string of the molecule is COCC1(C2(Cc3ccc(-c4ccccc4)cc3)CCCCC2)N[C@@H](C(N)=O)Cc2c1n(C)c1ccccc21. The number of para-hydroxylation sites is 1. The number of ether oxygens (including phenoxy) is 1. The van der Waals surface area contributed by atoms with Crippen molar-refractivity contribution in [2.24, 2.45) is 18.2 Å². The number of nitrogens with two attached hydrogens (primary N) is 1. The van der Waals surface area contributed by atoms with Gasteiger partial charge >= 0.3 is 0 Å². The van der Waals surface area contributed by atoms with E-state index in [-0.39, 0.29) is 11.3 Å². The Labute approximate surface area is 231 Å². The molecule has 4 aromatic rings. The van der Waals surface area contributed by atoms with E-state index < -0.39 is 11.6 Å². The van der Waals surface area contributed by atoms with E-state index in [9.17, 15) is 4.79 Å². The molecule has 2 atom stereocenters. The van der Waals surface area contributed by atoms with Gasteiger partial charge in [-0.2, -0.15) is 0 Å². The highest BCUT2D eigenvalue weighted by Crippen LogP contribution is 2.55. The maximum atomic E-state index is 12.8. The molecule has 5 nitrogen and oxygen atoms in total. The molecule has 5 heteroatoms. The zero-order chi connectivity index (χ0) is 27.0. The second-order valence-corrected chi connectivity index (χ2v) is 11.6. The Morgan fingerprint density at radius 3 is 2.31 bits per heavy atom. The van der Waals surface area contributed by atoms with Crippen LogP contribution in [0.25, 0.3) is 22.0 Å². The van der Waals surface area contributed by atoms with Crippen LogP contribution < -0.4 is 11.1 Å². The van der Waals surface area contributed by atoms with Crippen molar-refractivity contribution in [1.29, 1.82) is 0 Å². The molecule has 1 amide bonds. The second kappa shape index (κ2) is 10.3. The molecule has 0 bridgehead atoms. The van der Waals surface area contributed by atoms with Gasteiger partial charge in [-0.05, 0) is 54.0 Å². The molecule has 2 aliphatic rings. The van der Waals surface area contributed by atoms with Gasteiger partial charge in [0.1, 0.15) is 0 Å². The van der Waals surface area contributed by atoms with Gasteiger partial charge in [-0.3, -0.25) is 10.1 Å². The van der Waals surface area contributed by atoms with Crippen LogP contribution in [0.4, 0.5) is 0 Å². The monoisotopic (exact) mass is 521 g/mol. The molecule has 0 saturated heterocycles. The predicted molar refractivity (Wildman–Crippen MR) is 157 cm³/mol. The van der Waals surface area contributed by atoms with Gasteiger partial charge < -0.3 is 15.0 Å². The van der Waals surface area contributed by atoms with Crippen LogP contribution in [0.15, 0.2) is 78.9 Å². The first kappa shape index (κ1) is 25.8. The van der Waals surface area contributed by atoms with Crippen molar-refractivity contribution >= 4 is 16.8 Å². The summed E-state index contributed by atoms with van der Waals surface area (Å²) in [5, 5.41) is 5.08. The van der Waals surface area contributed by atoms with Gasteiger partial charge in [0.05, 0.1) is 18.2 Å². The molecule has 1 aliphatic carbocycles. The van der Waals surface area contributed by atoms with Crippen LogP contribution in [-0.4, -0.2) is 30.2 Å². The zero-order valence-corrected chi connectivity index (χ0v) is 23.1. The van der Waals surface area contributed by atoms with Crippen LogP contribution >= 0.6 is 0 Å². The van der Waals surface area contributed by atoms with E-state index in [1.807, 2.05) is 0 Å². The number of methoxy groups -OCH3 is 1. The van der Waals surface area contributed by atoms with E-state index in [1.165, 1.54) is 45.3 Å². The lowest BCUT2D eigenvalue weighted by atomic mass is 9.56. The van der Waals surface area contributed by atoms with Crippen molar-refractivity contribution in [2.75, 3.05) is 13.7 Å². The van der Waals surface area contributed by atoms with E-state index in [4.69, 9.17) is 10.5 Å². The first-order chi connectivity index (χ1) is 19.0. The maximum Gasteiger partial charge on any atom is 0.234 e. The second-order valence-electron chi connectivity index (χ2n) is 11.6. The third-order valence-electron chi connectivity index (χ3n) is 9.47. The Balaban J connectivity index is 1.51. The molecular formula is C34H39N3O2. The fourth-order valence-corrected chi connectivity index (χ4v) is 7.72. The molecule has 1 aromatic heterocycles. The molecular weight excluding hydrogens is 482 g/mol. The number of fused-ring (bicyclic) bond motifs is 3. The Morgan fingerprint density at radius 2 is 1.62 bits per heavy atom. The molecule has 6 rings (SSSR count). The first-order valence-corrected chi connectivity index (χ1v) is 14.3. The molecule has 3 aromatic carbocycles. The molecule has 1 unspecified atom stereocenters. The molecule has 1 fully saturated rings. The number of benzene rings is 3. The van der Waals surface area contributed by atoms with Gasteiger partial charge in [-0.25, -0.2) is 0 Å². The fourth-order valence-electron chi connectivity index (χ4n) is 7.72. The van der Waals surface area contributed by atoms with Gasteiger partial charge in [-0.1, -0.05) is 92.1 Å². The number of amides is 1. The lowest BCUT2D eigenvalue weighted by Gasteiger charge is -2.56. The van der Waals surface area contributed by atoms with Crippen molar-refractivity contribution in [1.82, 2.24) is 9.88 Å². The third kappa shape index (κ3) is 4.29. The minimum absolute atomic E-state index is 0.138. The highest BCUT2D eigenvalue weighted by atomic mass is 16.5. The van der Waals surface area contributed by atoms with Gasteiger partial charge in [0.25, 0.3) is 0 Å². The number of nitrogens with zero attached hydrogens (tertiary/aromatic N) is 1. The third-order valence-corrected chi connectivity index (χ3v) is 9.47. The van der Waals surface area contributed by atoms with Crippen molar-refractivity contribution in [3.8, 4) is 11.1 Å². The fraction of sp³-hybridized carbons (Fsp3) is 0.382. The Hall–Kier alpha value is -3.41. The molecule has 1 aliphatic heterocycles. The van der Waals surface area contributed by atoms with Crippen LogP contribution in [0, 0.1) is 5.41 Å². The summed E-state index contributed by atoms with van der Waals surface area (Å²) in [7, 11) is 3.95. The molecule has 2 heterocycles. The largest absolute Gasteiger partial charge is 0.382 e. The summed E-state index contributed by atoms with van der Waals surface area (Å²) in [5.41, 5.74) is 12.8. The molecule has 0 spiro atoms. The highest BCUT2D eigenvalue weighted by molar-refractivity contribution is 5.89. The van der Waals surface area contributed by atoms with Crippen LogP contribution in [0.2, 0.25) is 0 Å². The Morgan fingerprint density at radius 1 is 0.949 bits per heavy atom. The summed E-state index contributed by atoms with van der Waals surface area (Å²) >= 11 is 0. The van der Waals surface area contributed by atoms with Crippen LogP contribution in [0.5, 0.6) is 0 Å². The molecule has 39 heavy (non-hydrogen) atoms. The number of carbonyl (C=O) groups is 1. The topological polar surface area (TPSA) is 69.3 Å². The molecule has 3 N–H and O–H groups in total. The van der Waals surface area contributed by atoms with Crippen molar-refractivity contribution in [2.45, 2.75) is 56.5 Å². The first-order valence-electron chi connectivity index (χ1n) is 14.3. The van der Waals surface area contributed by atoms with Crippen LogP contribution in [0.3, 0.4) is 0 Å². The quantitative estimate of drug-likeness (QED) is 0.319. The summed E-state index contributed by atoms with van der Waals surface area (Å²) < 4.78 is 8.44. The van der Waals surface area contributed by atoms with E-state index >= 15 is 0 Å². The number of rotatable bonds is 7. The summed E-state index contributed by atoms with van der Waals surface area (Å²) in [4.78, 5) is 12.8. The minimum atomic E-state index is -0.554. The van der Waals surface area contributed by atoms with E-state index in [1.54, 1.807) is 7.11 Å². The van der Waals surface area contributed by atoms with Crippen molar-refractivity contribution in [3.63, 3.8) is 0 Å². The lowest BCUT2D eigenvalue weighted by Crippen LogP contribution is -2.67. The standard InChI is InChI=1S/C34H39N3O2/c1-37-30-14-8-7-13-27(30)28-21-29(32(35)38)36-34(23-39-2,31(28)37)33(19-9-4-10-20-33)22-24-15-17-26(18-16-24)25-11-5-3-6-12-25/h3,5-8,11-18,29,36H,4,9-10,19-23H2,1-2H3,(H2,35,38)/t29-,34?/m1/s1. The number of hydrogen-bond donors (Lipinski definition) is 2. The van der Waals surface area contributed by atoms with E-state index in [0.717, 1.165) is 32.1 Å². The minimum Gasteiger partial charge on any atom is -0.382 e. The normalized spacial score (nSPS) is 22.5. The van der Waals surface area contributed by atoms with Crippen molar-refractivity contribution in [3.05, 3.63) is 95.7 Å². The lowest BCUT2D eigenvalue weighted by molar-refractivity contribution is -0.123. The predicted octanol–water partition coefficient (Wildman–Crippen LogP) is 5.88. The number of aromatic nitrogens is 1. The smallest absolute Gasteiger partial charge is 0.234 e. The molecule has 202 valence electrons. The highest BCUT2D eigenvalue weighted by Gasteiger charge is 2.58. The Bertz CT molecular complexity index is 1470. The maximum absolute atomic E-state index is 12.8. The summed E-state index contributed by atoms with van der Waals surface area (Å²) in [5.74, 6) is -0.299. The average Bonchev–Trinajstić information content (AvgIpc) is 3.26. The summed E-state index contributed by atoms with van der Waals surface area (Å²) in [6.45, 7) is 0.482. The van der Waals surface area contributed by atoms with E-state index in [2.05, 4.69) is 95.8 Å². The molecule has 1 saturated carbocycles. The molecule has 0 radical (unpaired) electrons. The number of hydrogen-bond acceptors (Lipinski definition) is 3. The summed E-state index contributed by atoms with van der Waals surface area (Å²) in [6.07, 6.45) is 7.20. The number of nitrogens with one attached hydrogen (secondary N) is 1. The zero-order valence-electron chi connectivity index (χ0n) is 23.1. The van der Waals surface area contributed by atoms with Crippen LogP contribution in [-0.2, 0) is 35.0 Å².